The molecular weight excluding hydrogens is 284 g/mol. The molecule has 4 heteroatoms. The molecule has 0 aliphatic heterocycles. The van der Waals surface area contributed by atoms with Crippen LogP contribution >= 0.6 is 27.3 Å². The van der Waals surface area contributed by atoms with Crippen LogP contribution in [0.4, 0.5) is 0 Å². The van der Waals surface area contributed by atoms with Gasteiger partial charge in [0.2, 0.25) is 0 Å². The number of aryl methyl sites for hydroxylation is 1. The lowest BCUT2D eigenvalue weighted by molar-refractivity contribution is 0.636. The summed E-state index contributed by atoms with van der Waals surface area (Å²) < 4.78 is 1.08. The van der Waals surface area contributed by atoms with Gasteiger partial charge < -0.3 is 0 Å². The van der Waals surface area contributed by atoms with Gasteiger partial charge in [0.15, 0.2) is 0 Å². The predicted molar refractivity (Wildman–Crippen MR) is 72.4 cm³/mol. The normalized spacial score (nSPS) is 12.7. The zero-order chi connectivity index (χ0) is 11.5. The molecule has 0 saturated heterocycles. The van der Waals surface area contributed by atoms with Crippen LogP contribution in [0, 0.1) is 6.92 Å². The minimum Gasteiger partial charge on any atom is -0.271 e. The van der Waals surface area contributed by atoms with Crippen LogP contribution in [0.2, 0.25) is 0 Å². The first kappa shape index (κ1) is 11.8. The lowest BCUT2D eigenvalue weighted by atomic mass is 10.0. The van der Waals surface area contributed by atoms with E-state index in [0.717, 1.165) is 10.0 Å². The minimum absolute atomic E-state index is 0.0428. The molecule has 3 N–H and O–H groups in total. The Bertz CT molecular complexity index is 468. The molecule has 0 amide bonds. The highest BCUT2D eigenvalue weighted by Gasteiger charge is 2.15. The van der Waals surface area contributed by atoms with E-state index in [2.05, 4.69) is 63.3 Å². The number of thiophene rings is 1. The van der Waals surface area contributed by atoms with Gasteiger partial charge in [0, 0.05) is 4.47 Å². The molecule has 1 unspecified atom stereocenters. The van der Waals surface area contributed by atoms with Gasteiger partial charge in [0.05, 0.1) is 6.04 Å². The van der Waals surface area contributed by atoms with Gasteiger partial charge in [-0.1, -0.05) is 28.1 Å². The molecule has 0 aliphatic rings. The summed E-state index contributed by atoms with van der Waals surface area (Å²) in [4.78, 5) is 0. The Balaban J connectivity index is 2.41. The van der Waals surface area contributed by atoms with E-state index in [1.807, 2.05) is 0 Å². The maximum Gasteiger partial charge on any atom is 0.0729 e. The van der Waals surface area contributed by atoms with Crippen LogP contribution < -0.4 is 11.3 Å². The van der Waals surface area contributed by atoms with Gasteiger partial charge in [-0.2, -0.15) is 11.3 Å². The van der Waals surface area contributed by atoms with Crippen molar-refractivity contribution in [1.29, 1.82) is 0 Å². The van der Waals surface area contributed by atoms with Crippen LogP contribution in [0.1, 0.15) is 22.7 Å². The van der Waals surface area contributed by atoms with Crippen molar-refractivity contribution in [3.63, 3.8) is 0 Å². The molecule has 2 rings (SSSR count). The number of benzene rings is 1. The lowest BCUT2D eigenvalue weighted by Gasteiger charge is -2.17. The molecule has 1 aromatic carbocycles. The van der Waals surface area contributed by atoms with E-state index in [0.29, 0.717) is 0 Å². The second-order valence-electron chi connectivity index (χ2n) is 3.68. The maximum absolute atomic E-state index is 5.64. The molecule has 0 radical (unpaired) electrons. The van der Waals surface area contributed by atoms with E-state index >= 15 is 0 Å². The highest BCUT2D eigenvalue weighted by atomic mass is 79.9. The summed E-state index contributed by atoms with van der Waals surface area (Å²) in [6.45, 7) is 2.07. The minimum atomic E-state index is 0.0428. The number of rotatable bonds is 3. The first-order valence-electron chi connectivity index (χ1n) is 4.96. The summed E-state index contributed by atoms with van der Waals surface area (Å²) in [6.07, 6.45) is 0. The summed E-state index contributed by atoms with van der Waals surface area (Å²) in [7, 11) is 0. The molecule has 1 aromatic heterocycles. The fourth-order valence-corrected chi connectivity index (χ4v) is 3.08. The Labute approximate surface area is 108 Å². The molecule has 2 nitrogen and oxygen atoms in total. The maximum atomic E-state index is 5.64. The average molecular weight is 297 g/mol. The van der Waals surface area contributed by atoms with Gasteiger partial charge in [0.25, 0.3) is 0 Å². The molecule has 2 aromatic rings. The molecule has 0 bridgehead atoms. The number of nitrogens with two attached hydrogens (primary N) is 1. The molecule has 1 heterocycles. The predicted octanol–water partition coefficient (Wildman–Crippen LogP) is 3.37. The van der Waals surface area contributed by atoms with Crippen molar-refractivity contribution in [2.45, 2.75) is 13.0 Å². The molecule has 0 saturated carbocycles. The summed E-state index contributed by atoms with van der Waals surface area (Å²) >= 11 is 5.26. The SMILES string of the molecule is Cc1ccc(C(NN)c2ccsc2)c(Br)c1. The molecule has 84 valence electrons. The Kier molecular flexibility index (Phi) is 3.76. The number of nitrogens with one attached hydrogen (secondary N) is 1. The first-order valence-corrected chi connectivity index (χ1v) is 6.70. The van der Waals surface area contributed by atoms with Crippen molar-refractivity contribution in [1.82, 2.24) is 5.43 Å². The number of hydrogen-bond donors (Lipinski definition) is 2. The van der Waals surface area contributed by atoms with Gasteiger partial charge in [0.1, 0.15) is 0 Å². The monoisotopic (exact) mass is 296 g/mol. The third-order valence-electron chi connectivity index (χ3n) is 2.51. The number of hydrazine groups is 1. The van der Waals surface area contributed by atoms with Crippen molar-refractivity contribution < 1.29 is 0 Å². The van der Waals surface area contributed by atoms with Gasteiger partial charge in [-0.15, -0.1) is 0 Å². The standard InChI is InChI=1S/C12H13BrN2S/c1-8-2-3-10(11(13)6-8)12(15-14)9-4-5-16-7-9/h2-7,12,15H,14H2,1H3. The van der Waals surface area contributed by atoms with Gasteiger partial charge in [-0.25, -0.2) is 5.43 Å². The van der Waals surface area contributed by atoms with E-state index < -0.39 is 0 Å². The van der Waals surface area contributed by atoms with E-state index in [1.165, 1.54) is 11.1 Å². The largest absolute Gasteiger partial charge is 0.271 e. The fourth-order valence-electron chi connectivity index (χ4n) is 1.67. The highest BCUT2D eigenvalue weighted by molar-refractivity contribution is 9.10. The molecule has 0 aliphatic carbocycles. The average Bonchev–Trinajstić information content (AvgIpc) is 2.75. The van der Waals surface area contributed by atoms with Crippen LogP contribution in [0.3, 0.4) is 0 Å². The second kappa shape index (κ2) is 5.10. The van der Waals surface area contributed by atoms with E-state index in [-0.39, 0.29) is 6.04 Å². The lowest BCUT2D eigenvalue weighted by Crippen LogP contribution is -2.28. The van der Waals surface area contributed by atoms with E-state index in [9.17, 15) is 0 Å². The van der Waals surface area contributed by atoms with Crippen LogP contribution in [-0.2, 0) is 0 Å². The summed E-state index contributed by atoms with van der Waals surface area (Å²) in [5.41, 5.74) is 6.44. The highest BCUT2D eigenvalue weighted by Crippen LogP contribution is 2.29. The summed E-state index contributed by atoms with van der Waals surface area (Å²) in [5.74, 6) is 5.64. The number of hydrogen-bond acceptors (Lipinski definition) is 3. The molecule has 16 heavy (non-hydrogen) atoms. The van der Waals surface area contributed by atoms with E-state index in [1.54, 1.807) is 11.3 Å². The quantitative estimate of drug-likeness (QED) is 0.673. The van der Waals surface area contributed by atoms with Crippen LogP contribution in [0.25, 0.3) is 0 Å². The van der Waals surface area contributed by atoms with Crippen molar-refractivity contribution >= 4 is 27.3 Å². The Morgan fingerprint density at radius 2 is 2.19 bits per heavy atom. The summed E-state index contributed by atoms with van der Waals surface area (Å²) in [5, 5.41) is 4.17. The molecule has 0 fully saturated rings. The molecule has 0 spiro atoms. The molecule has 1 atom stereocenters. The van der Waals surface area contributed by atoms with Crippen molar-refractivity contribution in [3.8, 4) is 0 Å². The Hall–Kier alpha value is -0.680. The van der Waals surface area contributed by atoms with Crippen LogP contribution in [0.15, 0.2) is 39.5 Å². The third-order valence-corrected chi connectivity index (χ3v) is 3.90. The smallest absolute Gasteiger partial charge is 0.0729 e. The molecular formula is C12H13BrN2S. The summed E-state index contributed by atoms with van der Waals surface area (Å²) in [6, 6.07) is 8.42. The second-order valence-corrected chi connectivity index (χ2v) is 5.32. The number of halogens is 1. The van der Waals surface area contributed by atoms with Crippen LogP contribution in [0.5, 0.6) is 0 Å². The van der Waals surface area contributed by atoms with Gasteiger partial charge in [-0.3, -0.25) is 5.84 Å². The first-order chi connectivity index (χ1) is 7.72. The Morgan fingerprint density at radius 1 is 1.38 bits per heavy atom. The van der Waals surface area contributed by atoms with E-state index in [4.69, 9.17) is 5.84 Å². The third kappa shape index (κ3) is 2.35. The zero-order valence-corrected chi connectivity index (χ0v) is 11.3. The van der Waals surface area contributed by atoms with Crippen molar-refractivity contribution in [2.75, 3.05) is 0 Å². The fraction of sp³-hybridized carbons (Fsp3) is 0.167. The van der Waals surface area contributed by atoms with Gasteiger partial charge in [-0.05, 0) is 46.5 Å². The topological polar surface area (TPSA) is 38.0 Å². The van der Waals surface area contributed by atoms with Crippen molar-refractivity contribution in [3.05, 3.63) is 56.2 Å². The van der Waals surface area contributed by atoms with Crippen LogP contribution in [-0.4, -0.2) is 0 Å². The zero-order valence-electron chi connectivity index (χ0n) is 8.91. The van der Waals surface area contributed by atoms with Crippen molar-refractivity contribution in [2.24, 2.45) is 5.84 Å². The Morgan fingerprint density at radius 3 is 2.75 bits per heavy atom. The van der Waals surface area contributed by atoms with Gasteiger partial charge >= 0.3 is 0 Å².